The zero-order chi connectivity index (χ0) is 8.24. The Morgan fingerprint density at radius 2 is 1.09 bits per heavy atom. The second-order valence-electron chi connectivity index (χ2n) is 2.15. The van der Waals surface area contributed by atoms with Crippen molar-refractivity contribution in [3.8, 4) is 0 Å². The molecule has 0 aromatic rings. The maximum absolute atomic E-state index is 8.07. The minimum absolute atomic E-state index is 0. The fraction of sp³-hybridized carbons (Fsp3) is 1.00. The second kappa shape index (κ2) is 22.6. The molecule has 65 valence electrons. The first kappa shape index (κ1) is 18.4. The van der Waals surface area contributed by atoms with Gasteiger partial charge in [-0.1, -0.05) is 26.7 Å². The Morgan fingerprint density at radius 1 is 0.818 bits per heavy atom. The number of hydrogen-bond donors (Lipinski definition) is 2. The van der Waals surface area contributed by atoms with Gasteiger partial charge in [-0.15, -0.1) is 0 Å². The molecule has 0 fully saturated rings. The molecule has 0 aliphatic rings. The maximum Gasteiger partial charge on any atom is 0.0430 e. The number of aliphatic hydroxyl groups is 2. The minimum atomic E-state index is 0. The average Bonchev–Trinajstić information content (AvgIpc) is 1.93. The topological polar surface area (TPSA) is 40.5 Å². The largest absolute Gasteiger partial charge is 0.396 e. The fourth-order valence-electron chi connectivity index (χ4n) is 0.316. The molecular weight excluding hydrogens is 167 g/mol. The summed E-state index contributed by atoms with van der Waals surface area (Å²) in [6.45, 7) is 4.79. The van der Waals surface area contributed by atoms with E-state index in [1.54, 1.807) is 0 Å². The molecule has 2 nitrogen and oxygen atoms in total. The first-order valence-corrected chi connectivity index (χ1v) is 4.05. The summed E-state index contributed by atoms with van der Waals surface area (Å²) in [5.74, 6) is 0. The van der Waals surface area contributed by atoms with Crippen molar-refractivity contribution >= 4 is 51.4 Å². The summed E-state index contributed by atoms with van der Waals surface area (Å²) in [4.78, 5) is 0. The van der Waals surface area contributed by atoms with Gasteiger partial charge in [0.15, 0.2) is 0 Å². The van der Waals surface area contributed by atoms with E-state index in [1.807, 2.05) is 0 Å². The van der Waals surface area contributed by atoms with Crippen LogP contribution in [0, 0.1) is 0 Å². The molecule has 0 amide bonds. The first-order chi connectivity index (χ1) is 4.83. The van der Waals surface area contributed by atoms with Crippen molar-refractivity contribution in [1.29, 1.82) is 0 Å². The molecule has 0 heterocycles. The Kier molecular flexibility index (Phi) is 37.6. The van der Waals surface area contributed by atoms with Crippen LogP contribution in [0.3, 0.4) is 0 Å². The van der Waals surface area contributed by atoms with E-state index in [-0.39, 0.29) is 51.4 Å². The molecule has 0 unspecified atom stereocenters. The minimum Gasteiger partial charge on any atom is -0.396 e. The van der Waals surface area contributed by atoms with Gasteiger partial charge in [-0.3, -0.25) is 0 Å². The molecule has 0 saturated heterocycles. The second-order valence-corrected chi connectivity index (χ2v) is 2.15. The van der Waals surface area contributed by atoms with Crippen molar-refractivity contribution in [2.24, 2.45) is 0 Å². The summed E-state index contributed by atoms with van der Waals surface area (Å²) in [6.07, 6.45) is 4.08. The van der Waals surface area contributed by atoms with Crippen molar-refractivity contribution in [1.82, 2.24) is 0 Å². The van der Waals surface area contributed by atoms with Crippen LogP contribution in [0.2, 0.25) is 0 Å². The Hall–Kier alpha value is 1.56. The van der Waals surface area contributed by atoms with E-state index in [2.05, 4.69) is 13.8 Å². The fourth-order valence-corrected chi connectivity index (χ4v) is 0.316. The van der Waals surface area contributed by atoms with E-state index in [0.717, 1.165) is 25.7 Å². The summed E-state index contributed by atoms with van der Waals surface area (Å²) in [5, 5.41) is 16.1. The van der Waals surface area contributed by atoms with E-state index >= 15 is 0 Å². The van der Waals surface area contributed by atoms with E-state index in [4.69, 9.17) is 10.2 Å². The molecule has 1 radical (unpaired) electrons. The van der Waals surface area contributed by atoms with Crippen LogP contribution in [-0.4, -0.2) is 74.8 Å². The van der Waals surface area contributed by atoms with Gasteiger partial charge in [0.2, 0.25) is 0 Å². The van der Waals surface area contributed by atoms with E-state index in [0.29, 0.717) is 13.2 Å². The Balaban J connectivity index is -0.000000107. The van der Waals surface area contributed by atoms with Crippen LogP contribution in [0.4, 0.5) is 0 Å². The van der Waals surface area contributed by atoms with Gasteiger partial charge in [0.1, 0.15) is 0 Å². The molecule has 0 rings (SSSR count). The summed E-state index contributed by atoms with van der Waals surface area (Å²) in [7, 11) is 0. The maximum atomic E-state index is 8.07. The predicted molar refractivity (Wildman–Crippen MR) is 49.7 cm³/mol. The third-order valence-corrected chi connectivity index (χ3v) is 1.02. The molecular formula is C8H20KO2. The average molecular weight is 187 g/mol. The standard InChI is InChI=1S/2C4H10O.K/c2*1-2-3-4-5;/h2*5H,2-4H2,1H3;. The smallest absolute Gasteiger partial charge is 0.0430 e. The SMILES string of the molecule is CCCCO.CCCCO.[K]. The molecule has 0 aliphatic carbocycles. The normalized spacial score (nSPS) is 7.64. The summed E-state index contributed by atoms with van der Waals surface area (Å²) >= 11 is 0. The number of unbranched alkanes of at least 4 members (excludes halogenated alkanes) is 2. The molecule has 3 heteroatoms. The van der Waals surface area contributed by atoms with Gasteiger partial charge >= 0.3 is 0 Å². The third-order valence-electron chi connectivity index (χ3n) is 1.02. The Bertz CT molecular complexity index is 33.1. The summed E-state index contributed by atoms with van der Waals surface area (Å²) in [6, 6.07) is 0. The monoisotopic (exact) mass is 187 g/mol. The van der Waals surface area contributed by atoms with Gasteiger partial charge in [0, 0.05) is 64.6 Å². The van der Waals surface area contributed by atoms with Gasteiger partial charge in [0.25, 0.3) is 0 Å². The van der Waals surface area contributed by atoms with E-state index in [9.17, 15) is 0 Å². The zero-order valence-electron chi connectivity index (χ0n) is 8.14. The molecule has 0 aromatic carbocycles. The van der Waals surface area contributed by atoms with Crippen molar-refractivity contribution in [3.63, 3.8) is 0 Å². The molecule has 0 aliphatic heterocycles. The molecule has 0 saturated carbocycles. The Labute approximate surface area is 113 Å². The van der Waals surface area contributed by atoms with Gasteiger partial charge in [-0.2, -0.15) is 0 Å². The van der Waals surface area contributed by atoms with Gasteiger partial charge in [0.05, 0.1) is 0 Å². The molecule has 2 N–H and O–H groups in total. The van der Waals surface area contributed by atoms with Crippen LogP contribution in [0.15, 0.2) is 0 Å². The molecule has 11 heavy (non-hydrogen) atoms. The molecule has 0 bridgehead atoms. The molecule has 0 aromatic heterocycles. The number of aliphatic hydroxyl groups excluding tert-OH is 2. The van der Waals surface area contributed by atoms with Crippen molar-refractivity contribution in [3.05, 3.63) is 0 Å². The zero-order valence-corrected chi connectivity index (χ0v) is 11.3. The van der Waals surface area contributed by atoms with Crippen LogP contribution >= 0.6 is 0 Å². The number of hydrogen-bond acceptors (Lipinski definition) is 2. The predicted octanol–water partition coefficient (Wildman–Crippen LogP) is 1.18. The molecule has 0 spiro atoms. The van der Waals surface area contributed by atoms with Crippen LogP contribution < -0.4 is 0 Å². The van der Waals surface area contributed by atoms with E-state index in [1.165, 1.54) is 0 Å². The third kappa shape index (κ3) is 34.2. The van der Waals surface area contributed by atoms with E-state index < -0.39 is 0 Å². The van der Waals surface area contributed by atoms with Crippen LogP contribution in [-0.2, 0) is 0 Å². The summed E-state index contributed by atoms with van der Waals surface area (Å²) in [5.41, 5.74) is 0. The van der Waals surface area contributed by atoms with Crippen LogP contribution in [0.25, 0.3) is 0 Å². The first-order valence-electron chi connectivity index (χ1n) is 4.05. The van der Waals surface area contributed by atoms with Crippen LogP contribution in [0.5, 0.6) is 0 Å². The van der Waals surface area contributed by atoms with Crippen molar-refractivity contribution in [2.45, 2.75) is 39.5 Å². The van der Waals surface area contributed by atoms with Crippen LogP contribution in [0.1, 0.15) is 39.5 Å². The van der Waals surface area contributed by atoms with Gasteiger partial charge < -0.3 is 10.2 Å². The van der Waals surface area contributed by atoms with Crippen molar-refractivity contribution < 1.29 is 10.2 Å². The van der Waals surface area contributed by atoms with Gasteiger partial charge in [-0.05, 0) is 12.8 Å². The molecule has 0 atom stereocenters. The Morgan fingerprint density at radius 3 is 1.09 bits per heavy atom. The van der Waals surface area contributed by atoms with Gasteiger partial charge in [-0.25, -0.2) is 0 Å². The quantitative estimate of drug-likeness (QED) is 0.649. The van der Waals surface area contributed by atoms with Crippen molar-refractivity contribution in [2.75, 3.05) is 13.2 Å². The summed E-state index contributed by atoms with van der Waals surface area (Å²) < 4.78 is 0. The number of rotatable bonds is 4.